The zero-order chi connectivity index (χ0) is 14.0. The van der Waals surface area contributed by atoms with Gasteiger partial charge in [-0.3, -0.25) is 4.79 Å². The summed E-state index contributed by atoms with van der Waals surface area (Å²) in [6, 6.07) is 5.16. The van der Waals surface area contributed by atoms with E-state index in [4.69, 9.17) is 5.73 Å². The van der Waals surface area contributed by atoms with Gasteiger partial charge in [-0.2, -0.15) is 5.10 Å². The van der Waals surface area contributed by atoms with Crippen molar-refractivity contribution >= 4 is 11.6 Å². The second kappa shape index (κ2) is 5.09. The van der Waals surface area contributed by atoms with Gasteiger partial charge in [0.15, 0.2) is 0 Å². The average molecular weight is 259 g/mol. The summed E-state index contributed by atoms with van der Waals surface area (Å²) in [5.41, 5.74) is 7.76. The van der Waals surface area contributed by atoms with Gasteiger partial charge in [0.1, 0.15) is 11.6 Å². The fourth-order valence-corrected chi connectivity index (χ4v) is 1.90. The molecule has 100 valence electrons. The van der Waals surface area contributed by atoms with Gasteiger partial charge in [-0.15, -0.1) is 0 Å². The molecule has 1 heterocycles. The standard InChI is InChI=1S/C13H17N5O/c1-4-15-13(19)10-5-6-12(11(14)7-10)18-9(3)16-8(2)17-18/h5-7H,4,14H2,1-3H3,(H,15,19). The number of nitrogen functional groups attached to an aromatic ring is 1. The molecule has 6 nitrogen and oxygen atoms in total. The zero-order valence-corrected chi connectivity index (χ0v) is 11.3. The maximum atomic E-state index is 11.7. The van der Waals surface area contributed by atoms with Crippen molar-refractivity contribution in [1.82, 2.24) is 20.1 Å². The second-order valence-electron chi connectivity index (χ2n) is 4.25. The molecule has 0 fully saturated rings. The third-order valence-corrected chi connectivity index (χ3v) is 2.73. The predicted molar refractivity (Wildman–Crippen MR) is 73.3 cm³/mol. The van der Waals surface area contributed by atoms with Crippen LogP contribution in [-0.4, -0.2) is 27.2 Å². The van der Waals surface area contributed by atoms with E-state index < -0.39 is 0 Å². The quantitative estimate of drug-likeness (QED) is 0.811. The van der Waals surface area contributed by atoms with Gasteiger partial charge < -0.3 is 11.1 Å². The van der Waals surface area contributed by atoms with E-state index in [9.17, 15) is 4.79 Å². The summed E-state index contributed by atoms with van der Waals surface area (Å²) in [4.78, 5) is 15.9. The number of nitrogens with one attached hydrogen (secondary N) is 1. The highest BCUT2D eigenvalue weighted by molar-refractivity contribution is 5.95. The van der Waals surface area contributed by atoms with Crippen molar-refractivity contribution < 1.29 is 4.79 Å². The number of benzene rings is 1. The first-order chi connectivity index (χ1) is 9.02. The van der Waals surface area contributed by atoms with E-state index in [1.165, 1.54) is 0 Å². The Bertz CT molecular complexity index is 617. The smallest absolute Gasteiger partial charge is 0.251 e. The maximum Gasteiger partial charge on any atom is 0.251 e. The number of hydrogen-bond acceptors (Lipinski definition) is 4. The fourth-order valence-electron chi connectivity index (χ4n) is 1.90. The first-order valence-electron chi connectivity index (χ1n) is 6.11. The lowest BCUT2D eigenvalue weighted by Crippen LogP contribution is -2.22. The summed E-state index contributed by atoms with van der Waals surface area (Å²) in [6.07, 6.45) is 0. The minimum Gasteiger partial charge on any atom is -0.397 e. The van der Waals surface area contributed by atoms with Crippen molar-refractivity contribution in [1.29, 1.82) is 0 Å². The molecule has 0 aliphatic heterocycles. The molecular formula is C13H17N5O. The van der Waals surface area contributed by atoms with Crippen LogP contribution in [0.4, 0.5) is 5.69 Å². The number of nitrogens with zero attached hydrogens (tertiary/aromatic N) is 3. The molecule has 0 spiro atoms. The van der Waals surface area contributed by atoms with E-state index >= 15 is 0 Å². The Kier molecular flexibility index (Phi) is 3.50. The molecular weight excluding hydrogens is 242 g/mol. The fraction of sp³-hybridized carbons (Fsp3) is 0.308. The summed E-state index contributed by atoms with van der Waals surface area (Å²) < 4.78 is 1.67. The lowest BCUT2D eigenvalue weighted by atomic mass is 10.1. The normalized spacial score (nSPS) is 10.5. The van der Waals surface area contributed by atoms with Crippen molar-refractivity contribution in [2.45, 2.75) is 20.8 Å². The van der Waals surface area contributed by atoms with Crippen molar-refractivity contribution in [3.63, 3.8) is 0 Å². The lowest BCUT2D eigenvalue weighted by Gasteiger charge is -2.09. The van der Waals surface area contributed by atoms with Gasteiger partial charge in [-0.05, 0) is 39.0 Å². The number of nitrogens with two attached hydrogens (primary N) is 1. The van der Waals surface area contributed by atoms with E-state index in [0.29, 0.717) is 23.6 Å². The Labute approximate surface area is 111 Å². The highest BCUT2D eigenvalue weighted by Crippen LogP contribution is 2.19. The third-order valence-electron chi connectivity index (χ3n) is 2.73. The average Bonchev–Trinajstić information content (AvgIpc) is 2.68. The number of amides is 1. The Morgan fingerprint density at radius 3 is 2.68 bits per heavy atom. The van der Waals surface area contributed by atoms with E-state index in [1.54, 1.807) is 22.9 Å². The summed E-state index contributed by atoms with van der Waals surface area (Å²) in [6.45, 7) is 6.14. The molecule has 0 saturated carbocycles. The molecule has 0 saturated heterocycles. The van der Waals surface area contributed by atoms with Crippen molar-refractivity contribution in [2.75, 3.05) is 12.3 Å². The molecule has 3 N–H and O–H groups in total. The minimum absolute atomic E-state index is 0.132. The van der Waals surface area contributed by atoms with Crippen LogP contribution in [0.5, 0.6) is 0 Å². The number of aryl methyl sites for hydroxylation is 2. The summed E-state index contributed by atoms with van der Waals surface area (Å²) in [5, 5.41) is 7.01. The Hall–Kier alpha value is -2.37. The van der Waals surface area contributed by atoms with Crippen LogP contribution in [0, 0.1) is 13.8 Å². The Morgan fingerprint density at radius 1 is 1.42 bits per heavy atom. The monoisotopic (exact) mass is 259 g/mol. The number of hydrogen-bond donors (Lipinski definition) is 2. The molecule has 0 radical (unpaired) electrons. The van der Waals surface area contributed by atoms with Gasteiger partial charge in [0, 0.05) is 12.1 Å². The second-order valence-corrected chi connectivity index (χ2v) is 4.25. The summed E-state index contributed by atoms with van der Waals surface area (Å²) in [5.74, 6) is 1.31. The molecule has 0 bridgehead atoms. The van der Waals surface area contributed by atoms with E-state index in [1.807, 2.05) is 20.8 Å². The molecule has 0 aliphatic carbocycles. The van der Waals surface area contributed by atoms with E-state index in [2.05, 4.69) is 15.4 Å². The van der Waals surface area contributed by atoms with Crippen LogP contribution in [0.15, 0.2) is 18.2 Å². The van der Waals surface area contributed by atoms with E-state index in [0.717, 1.165) is 11.5 Å². The molecule has 0 aliphatic rings. The van der Waals surface area contributed by atoms with E-state index in [-0.39, 0.29) is 5.91 Å². The van der Waals surface area contributed by atoms with Crippen LogP contribution in [0.3, 0.4) is 0 Å². The number of anilines is 1. The predicted octanol–water partition coefficient (Wildman–Crippen LogP) is 1.22. The van der Waals surface area contributed by atoms with Crippen molar-refractivity contribution in [3.8, 4) is 5.69 Å². The van der Waals surface area contributed by atoms with Crippen LogP contribution in [0.25, 0.3) is 5.69 Å². The zero-order valence-electron chi connectivity index (χ0n) is 11.3. The largest absolute Gasteiger partial charge is 0.397 e. The van der Waals surface area contributed by atoms with Gasteiger partial charge in [-0.25, -0.2) is 9.67 Å². The topological polar surface area (TPSA) is 85.8 Å². The molecule has 0 unspecified atom stereocenters. The molecule has 0 atom stereocenters. The third kappa shape index (κ3) is 2.57. The summed E-state index contributed by atoms with van der Waals surface area (Å²) in [7, 11) is 0. The molecule has 1 aromatic carbocycles. The number of carbonyl (C=O) groups is 1. The van der Waals surface area contributed by atoms with Gasteiger partial charge in [0.2, 0.25) is 0 Å². The van der Waals surface area contributed by atoms with Crippen molar-refractivity contribution in [2.24, 2.45) is 0 Å². The first kappa shape index (κ1) is 13.1. The molecule has 1 aromatic heterocycles. The van der Waals surface area contributed by atoms with Crippen LogP contribution in [-0.2, 0) is 0 Å². The van der Waals surface area contributed by atoms with Crippen LogP contribution in [0.2, 0.25) is 0 Å². The molecule has 1 amide bonds. The molecule has 6 heteroatoms. The number of aromatic nitrogens is 3. The first-order valence-corrected chi connectivity index (χ1v) is 6.11. The van der Waals surface area contributed by atoms with Crippen molar-refractivity contribution in [3.05, 3.63) is 35.4 Å². The number of carbonyl (C=O) groups excluding carboxylic acids is 1. The van der Waals surface area contributed by atoms with Gasteiger partial charge >= 0.3 is 0 Å². The number of rotatable bonds is 3. The lowest BCUT2D eigenvalue weighted by molar-refractivity contribution is 0.0956. The Balaban J connectivity index is 2.40. The Morgan fingerprint density at radius 2 is 2.16 bits per heavy atom. The van der Waals surface area contributed by atoms with Gasteiger partial charge in [0.05, 0.1) is 11.4 Å². The van der Waals surface area contributed by atoms with Crippen LogP contribution < -0.4 is 11.1 Å². The van der Waals surface area contributed by atoms with Gasteiger partial charge in [0.25, 0.3) is 5.91 Å². The maximum absolute atomic E-state index is 11.7. The molecule has 2 aromatic rings. The minimum atomic E-state index is -0.132. The molecule has 2 rings (SSSR count). The molecule has 19 heavy (non-hydrogen) atoms. The van der Waals surface area contributed by atoms with Crippen LogP contribution in [0.1, 0.15) is 28.9 Å². The van der Waals surface area contributed by atoms with Crippen LogP contribution >= 0.6 is 0 Å². The highest BCUT2D eigenvalue weighted by Gasteiger charge is 2.11. The van der Waals surface area contributed by atoms with Gasteiger partial charge in [-0.1, -0.05) is 0 Å². The SMILES string of the molecule is CCNC(=O)c1ccc(-n2nc(C)nc2C)c(N)c1. The summed E-state index contributed by atoms with van der Waals surface area (Å²) >= 11 is 0. The highest BCUT2D eigenvalue weighted by atomic mass is 16.1.